The van der Waals surface area contributed by atoms with E-state index in [2.05, 4.69) is 4.98 Å². The van der Waals surface area contributed by atoms with Crippen molar-refractivity contribution in [3.05, 3.63) is 60.4 Å². The maximum absolute atomic E-state index is 12.7. The summed E-state index contributed by atoms with van der Waals surface area (Å²) in [6, 6.07) is 3.27. The van der Waals surface area contributed by atoms with Crippen LogP contribution >= 0.6 is 11.6 Å². The van der Waals surface area contributed by atoms with Crippen molar-refractivity contribution in [3.8, 4) is 0 Å². The number of aromatic nitrogens is 1. The Labute approximate surface area is 168 Å². The maximum Gasteiger partial charge on any atom is 0.355 e. The number of carbonyl (C=O) groups is 1. The quantitative estimate of drug-likeness (QED) is 0.276. The first-order valence-corrected chi connectivity index (χ1v) is 9.30. The van der Waals surface area contributed by atoms with E-state index in [4.69, 9.17) is 25.2 Å². The van der Waals surface area contributed by atoms with E-state index >= 15 is 0 Å². The second-order valence-electron chi connectivity index (χ2n) is 6.67. The van der Waals surface area contributed by atoms with E-state index in [0.717, 1.165) is 0 Å². The summed E-state index contributed by atoms with van der Waals surface area (Å²) < 4.78 is 16.0. The number of nitrogens with zero attached hydrogens (tertiary/aromatic N) is 1. The molecule has 29 heavy (non-hydrogen) atoms. The van der Waals surface area contributed by atoms with Crippen LogP contribution in [0.4, 0.5) is 0 Å². The van der Waals surface area contributed by atoms with Crippen molar-refractivity contribution in [3.63, 3.8) is 0 Å². The zero-order valence-electron chi connectivity index (χ0n) is 16.1. The van der Waals surface area contributed by atoms with Crippen LogP contribution in [0.2, 0.25) is 5.02 Å². The molecule has 0 radical (unpaired) electrons. The second-order valence-corrected chi connectivity index (χ2v) is 7.05. The minimum atomic E-state index is -0.694. The van der Waals surface area contributed by atoms with Crippen LogP contribution in [0.3, 0.4) is 0 Å². The molecular weight excluding hydrogens is 398 g/mol. The standard InChI is InChI=1S/C21H16ClNO6/c1-5-27-19(24)13-9(3)14-17(23-10(13)4)15-12(28-20(14)25)7-6-11-8(2)16(22)21(26)29-18(11)15/h6-7H,5H2,1-4H3. The number of fused-ring (bicyclic) bond motifs is 5. The molecule has 3 aromatic heterocycles. The maximum atomic E-state index is 12.7. The van der Waals surface area contributed by atoms with Crippen LogP contribution in [0, 0.1) is 20.8 Å². The predicted molar refractivity (Wildman–Crippen MR) is 109 cm³/mol. The summed E-state index contributed by atoms with van der Waals surface area (Å²) in [5.41, 5.74) is 0.943. The Kier molecular flexibility index (Phi) is 4.42. The number of hydrogen-bond acceptors (Lipinski definition) is 7. The van der Waals surface area contributed by atoms with E-state index in [-0.39, 0.29) is 39.3 Å². The van der Waals surface area contributed by atoms with Gasteiger partial charge < -0.3 is 13.6 Å². The van der Waals surface area contributed by atoms with Crippen LogP contribution in [0.25, 0.3) is 32.8 Å². The molecule has 148 valence electrons. The molecular formula is C21H16ClNO6. The molecule has 0 bridgehead atoms. The molecule has 0 aliphatic heterocycles. The number of rotatable bonds is 2. The zero-order chi connectivity index (χ0) is 21.0. The fraction of sp³-hybridized carbons (Fsp3) is 0.238. The number of esters is 1. The van der Waals surface area contributed by atoms with E-state index < -0.39 is 17.2 Å². The van der Waals surface area contributed by atoms with Crippen molar-refractivity contribution in [2.75, 3.05) is 6.61 Å². The zero-order valence-corrected chi connectivity index (χ0v) is 16.9. The Morgan fingerprint density at radius 2 is 1.79 bits per heavy atom. The lowest BCUT2D eigenvalue weighted by atomic mass is 10.00. The molecule has 4 rings (SSSR count). The molecule has 7 nitrogen and oxygen atoms in total. The van der Waals surface area contributed by atoms with Gasteiger partial charge in [0.25, 0.3) is 0 Å². The van der Waals surface area contributed by atoms with Crippen LogP contribution in [0.1, 0.15) is 34.1 Å². The van der Waals surface area contributed by atoms with Gasteiger partial charge in [0.05, 0.1) is 34.2 Å². The van der Waals surface area contributed by atoms with Gasteiger partial charge in [-0.3, -0.25) is 4.98 Å². The van der Waals surface area contributed by atoms with Gasteiger partial charge in [-0.05, 0) is 51.0 Å². The van der Waals surface area contributed by atoms with Gasteiger partial charge in [-0.25, -0.2) is 14.4 Å². The van der Waals surface area contributed by atoms with Crippen molar-refractivity contribution in [1.29, 1.82) is 0 Å². The lowest BCUT2D eigenvalue weighted by Crippen LogP contribution is -2.14. The van der Waals surface area contributed by atoms with Gasteiger partial charge in [-0.15, -0.1) is 0 Å². The Morgan fingerprint density at radius 3 is 2.48 bits per heavy atom. The summed E-state index contributed by atoms with van der Waals surface area (Å²) in [5.74, 6) is -0.566. The van der Waals surface area contributed by atoms with Crippen molar-refractivity contribution in [1.82, 2.24) is 4.98 Å². The van der Waals surface area contributed by atoms with Gasteiger partial charge in [-0.2, -0.15) is 0 Å². The summed E-state index contributed by atoms with van der Waals surface area (Å²) >= 11 is 6.04. The minimum Gasteiger partial charge on any atom is -0.462 e. The number of carbonyl (C=O) groups excluding carboxylic acids is 1. The third kappa shape index (κ3) is 2.73. The van der Waals surface area contributed by atoms with Crippen LogP contribution in [0.15, 0.2) is 30.6 Å². The van der Waals surface area contributed by atoms with Gasteiger partial charge in [0, 0.05) is 5.39 Å². The fourth-order valence-corrected chi connectivity index (χ4v) is 3.76. The predicted octanol–water partition coefficient (Wildman–Crippen LogP) is 4.20. The molecule has 0 saturated heterocycles. The van der Waals surface area contributed by atoms with Gasteiger partial charge in [0.1, 0.15) is 10.6 Å². The highest BCUT2D eigenvalue weighted by atomic mass is 35.5. The van der Waals surface area contributed by atoms with Crippen molar-refractivity contribution >= 4 is 50.4 Å². The smallest absolute Gasteiger partial charge is 0.355 e. The Balaban J connectivity index is 2.27. The third-order valence-electron chi connectivity index (χ3n) is 4.98. The highest BCUT2D eigenvalue weighted by molar-refractivity contribution is 6.32. The lowest BCUT2D eigenvalue weighted by molar-refractivity contribution is 0.0524. The largest absolute Gasteiger partial charge is 0.462 e. The van der Waals surface area contributed by atoms with E-state index in [1.807, 2.05) is 0 Å². The summed E-state index contributed by atoms with van der Waals surface area (Å²) in [5, 5.41) is 1.09. The van der Waals surface area contributed by atoms with Gasteiger partial charge in [0.15, 0.2) is 5.58 Å². The number of benzene rings is 1. The molecule has 3 heterocycles. The average molecular weight is 414 g/mol. The molecule has 4 aromatic rings. The SMILES string of the molecule is CCOC(=O)c1c(C)nc2c(c1C)c(=O)oc1ccc3c(C)c(Cl)c(=O)oc3c12. The average Bonchev–Trinajstić information content (AvgIpc) is 2.65. The number of pyridine rings is 1. The van der Waals surface area contributed by atoms with E-state index in [1.165, 1.54) is 0 Å². The Hall–Kier alpha value is -3.19. The highest BCUT2D eigenvalue weighted by Crippen LogP contribution is 2.34. The molecule has 0 amide bonds. The van der Waals surface area contributed by atoms with Crippen LogP contribution in [-0.2, 0) is 4.74 Å². The third-order valence-corrected chi connectivity index (χ3v) is 5.42. The Bertz CT molecular complexity index is 1460. The molecule has 0 spiro atoms. The summed E-state index contributed by atoms with van der Waals surface area (Å²) in [7, 11) is 0. The topological polar surface area (TPSA) is 99.6 Å². The van der Waals surface area contributed by atoms with Crippen LogP contribution < -0.4 is 11.3 Å². The monoisotopic (exact) mass is 413 g/mol. The lowest BCUT2D eigenvalue weighted by Gasteiger charge is -2.13. The first kappa shape index (κ1) is 19.1. The molecule has 0 atom stereocenters. The highest BCUT2D eigenvalue weighted by Gasteiger charge is 2.23. The van der Waals surface area contributed by atoms with Gasteiger partial charge in [-0.1, -0.05) is 11.6 Å². The number of aryl methyl sites for hydroxylation is 3. The molecule has 0 unspecified atom stereocenters. The fourth-order valence-electron chi connectivity index (χ4n) is 3.62. The molecule has 1 aromatic carbocycles. The summed E-state index contributed by atoms with van der Waals surface area (Å²) in [4.78, 5) is 41.8. The number of ether oxygens (including phenoxy) is 1. The van der Waals surface area contributed by atoms with Gasteiger partial charge in [0.2, 0.25) is 0 Å². The first-order chi connectivity index (χ1) is 13.8. The minimum absolute atomic E-state index is 0.0107. The first-order valence-electron chi connectivity index (χ1n) is 8.93. The molecule has 0 N–H and O–H groups in total. The van der Waals surface area contributed by atoms with Gasteiger partial charge >= 0.3 is 17.2 Å². The molecule has 0 aliphatic carbocycles. The normalized spacial score (nSPS) is 11.5. The molecule has 8 heteroatoms. The van der Waals surface area contributed by atoms with E-state index in [0.29, 0.717) is 27.6 Å². The van der Waals surface area contributed by atoms with E-state index in [9.17, 15) is 14.4 Å². The molecule has 0 saturated carbocycles. The molecule has 0 fully saturated rings. The summed E-state index contributed by atoms with van der Waals surface area (Å²) in [6.45, 7) is 6.88. The number of halogens is 1. The Morgan fingerprint density at radius 1 is 1.07 bits per heavy atom. The van der Waals surface area contributed by atoms with E-state index in [1.54, 1.807) is 39.8 Å². The second kappa shape index (κ2) is 6.70. The van der Waals surface area contributed by atoms with Crippen molar-refractivity contribution < 1.29 is 18.4 Å². The molecule has 0 aliphatic rings. The number of hydrogen-bond donors (Lipinski definition) is 0. The summed E-state index contributed by atoms with van der Waals surface area (Å²) in [6.07, 6.45) is 0. The van der Waals surface area contributed by atoms with Crippen LogP contribution in [-0.4, -0.2) is 17.6 Å². The van der Waals surface area contributed by atoms with Crippen molar-refractivity contribution in [2.24, 2.45) is 0 Å². The van der Waals surface area contributed by atoms with Crippen LogP contribution in [0.5, 0.6) is 0 Å². The van der Waals surface area contributed by atoms with Crippen molar-refractivity contribution in [2.45, 2.75) is 27.7 Å².